The highest BCUT2D eigenvalue weighted by molar-refractivity contribution is 5.49. The van der Waals surface area contributed by atoms with Crippen LogP contribution in [0.4, 0.5) is 0 Å². The van der Waals surface area contributed by atoms with Gasteiger partial charge in [0.05, 0.1) is 0 Å². The fourth-order valence-electron chi connectivity index (χ4n) is 1.74. The summed E-state index contributed by atoms with van der Waals surface area (Å²) in [5.74, 6) is 4.35. The zero-order valence-corrected chi connectivity index (χ0v) is 14.9. The molecule has 4 nitrogen and oxygen atoms in total. The molecule has 0 fully saturated rings. The van der Waals surface area contributed by atoms with Gasteiger partial charge in [0, 0.05) is 11.1 Å². The largest absolute Gasteiger partial charge is 0.504 e. The zero-order valence-electron chi connectivity index (χ0n) is 14.9. The second-order valence-electron chi connectivity index (χ2n) is 4.96. The van der Waals surface area contributed by atoms with Gasteiger partial charge in [-0.3, -0.25) is 0 Å². The first-order valence-corrected chi connectivity index (χ1v) is 7.97. The molecule has 0 aromatic heterocycles. The molecular weight excluding hydrogens is 352 g/mol. The van der Waals surface area contributed by atoms with Gasteiger partial charge in [-0.1, -0.05) is 54.3 Å². The summed E-state index contributed by atoms with van der Waals surface area (Å²) in [5, 5.41) is 26.1. The van der Waals surface area contributed by atoms with Crippen molar-refractivity contribution in [3.05, 3.63) is 90.0 Å². The second-order valence-corrected chi connectivity index (χ2v) is 4.96. The molecule has 0 heterocycles. The third-order valence-corrected chi connectivity index (χ3v) is 3.07. The topological polar surface area (TPSA) is 69.9 Å². The van der Waals surface area contributed by atoms with E-state index in [-0.39, 0.29) is 11.5 Å². The summed E-state index contributed by atoms with van der Waals surface area (Å²) in [4.78, 5) is 0. The van der Waals surface area contributed by atoms with Crippen LogP contribution in [0, 0.1) is 36.9 Å². The Morgan fingerprint density at radius 1 is 0.679 bits per heavy atom. The summed E-state index contributed by atoms with van der Waals surface area (Å²) in [6, 6.07) is 23.4. The Morgan fingerprint density at radius 2 is 1.18 bits per heavy atom. The third kappa shape index (κ3) is 8.08. The van der Waals surface area contributed by atoms with Crippen LogP contribution in [0.2, 0.25) is 0 Å². The number of ether oxygens (including phenoxy) is 1. The maximum Gasteiger partial charge on any atom is 0.202 e. The van der Waals surface area contributed by atoms with E-state index in [4.69, 9.17) is 28.2 Å². The predicted molar refractivity (Wildman–Crippen MR) is 109 cm³/mol. The molecule has 0 unspecified atom stereocenters. The molecule has 0 aliphatic rings. The van der Waals surface area contributed by atoms with Crippen LogP contribution in [0.3, 0.4) is 0 Å². The lowest BCUT2D eigenvalue weighted by Crippen LogP contribution is -1.83. The highest BCUT2D eigenvalue weighted by Gasteiger charge is 2.05. The van der Waals surface area contributed by atoms with Crippen molar-refractivity contribution in [1.82, 2.24) is 0 Å². The summed E-state index contributed by atoms with van der Waals surface area (Å²) in [5.41, 5.74) is 1.88. The number of phenolic OH excluding ortho intramolecular Hbond substituents is 2. The maximum atomic E-state index is 9.10. The average molecular weight is 370 g/mol. The van der Waals surface area contributed by atoms with Crippen LogP contribution in [-0.2, 0) is 0 Å². The van der Waals surface area contributed by atoms with E-state index in [1.165, 1.54) is 24.3 Å². The number of hydrogen-bond donors (Lipinski definition) is 3. The van der Waals surface area contributed by atoms with Crippen molar-refractivity contribution >= 4 is 0 Å². The minimum atomic E-state index is -0.403. The number of terminal acetylenes is 2. The predicted octanol–water partition coefficient (Wildman–Crippen LogP) is 4.10. The Bertz CT molecular complexity index is 937. The molecule has 0 amide bonds. The molecule has 0 saturated carbocycles. The molecule has 0 bridgehead atoms. The molecule has 4 heteroatoms. The van der Waals surface area contributed by atoms with Gasteiger partial charge in [0.25, 0.3) is 0 Å². The molecule has 0 radical (unpaired) electrons. The molecule has 3 aromatic rings. The van der Waals surface area contributed by atoms with Crippen molar-refractivity contribution in [1.29, 1.82) is 0 Å². The number of phenols is 2. The van der Waals surface area contributed by atoms with Crippen molar-refractivity contribution in [3.63, 3.8) is 0 Å². The highest BCUT2D eigenvalue weighted by atomic mass is 16.5. The Labute approximate surface area is 164 Å². The maximum absolute atomic E-state index is 9.10. The molecule has 0 aliphatic heterocycles. The summed E-state index contributed by atoms with van der Waals surface area (Å²) < 4.78 is 4.55. The van der Waals surface area contributed by atoms with E-state index in [1.54, 1.807) is 0 Å². The monoisotopic (exact) mass is 370 g/mol. The number of benzene rings is 3. The van der Waals surface area contributed by atoms with E-state index in [2.05, 4.69) is 16.6 Å². The molecule has 0 aliphatic carbocycles. The summed E-state index contributed by atoms with van der Waals surface area (Å²) >= 11 is 0. The Kier molecular flexibility index (Phi) is 9.90. The van der Waals surface area contributed by atoms with Crippen LogP contribution in [0.25, 0.3) is 0 Å². The number of aliphatic hydroxyl groups is 1. The van der Waals surface area contributed by atoms with Gasteiger partial charge in [-0.25, -0.2) is 0 Å². The molecular formula is C24H18O4. The van der Waals surface area contributed by atoms with Crippen LogP contribution >= 0.6 is 0 Å². The lowest BCUT2D eigenvalue weighted by Gasteiger charge is -2.00. The molecule has 0 spiro atoms. The fraction of sp³-hybridized carbons (Fsp3) is 0. The first-order valence-electron chi connectivity index (χ1n) is 7.97. The molecule has 0 saturated heterocycles. The van der Waals surface area contributed by atoms with E-state index < -0.39 is 5.75 Å². The normalized spacial score (nSPS) is 8.07. The standard InChI is InChI=1S/C8H6O4.2C8H6/c9-4-5-12-7-3-1-2-6(10)8(7)11;2*1-2-8-6-4-3-5-7-8/h1-3,9-11H;2*1,3-7H. The first-order chi connectivity index (χ1) is 13.6. The Morgan fingerprint density at radius 3 is 1.57 bits per heavy atom. The van der Waals surface area contributed by atoms with Gasteiger partial charge in [0.2, 0.25) is 5.75 Å². The van der Waals surface area contributed by atoms with Gasteiger partial charge < -0.3 is 20.1 Å². The Balaban J connectivity index is 0.000000217. The SMILES string of the molecule is C#Cc1ccccc1.C#Cc1ccccc1.OC#COc1cccc(O)c1O. The molecule has 28 heavy (non-hydrogen) atoms. The van der Waals surface area contributed by atoms with Crippen molar-refractivity contribution in [2.45, 2.75) is 0 Å². The number of rotatable bonds is 1. The lowest BCUT2D eigenvalue weighted by atomic mass is 10.2. The fourth-order valence-corrected chi connectivity index (χ4v) is 1.74. The van der Waals surface area contributed by atoms with E-state index in [0.29, 0.717) is 0 Å². The van der Waals surface area contributed by atoms with E-state index in [9.17, 15) is 0 Å². The van der Waals surface area contributed by atoms with Crippen LogP contribution in [-0.4, -0.2) is 15.3 Å². The van der Waals surface area contributed by atoms with Crippen molar-refractivity contribution in [3.8, 4) is 54.1 Å². The smallest absolute Gasteiger partial charge is 0.202 e. The minimum absolute atomic E-state index is 0.00319. The number of hydrogen-bond acceptors (Lipinski definition) is 4. The molecule has 3 rings (SSSR count). The van der Waals surface area contributed by atoms with Crippen LogP contribution in [0.15, 0.2) is 78.9 Å². The molecule has 0 atom stereocenters. The number of para-hydroxylation sites is 1. The summed E-state index contributed by atoms with van der Waals surface area (Å²) in [6.45, 7) is 0. The van der Waals surface area contributed by atoms with E-state index >= 15 is 0 Å². The zero-order chi connectivity index (χ0) is 20.6. The van der Waals surface area contributed by atoms with Gasteiger partial charge in [-0.15, -0.1) is 12.8 Å². The van der Waals surface area contributed by atoms with Gasteiger partial charge in [-0.05, 0) is 36.4 Å². The van der Waals surface area contributed by atoms with Crippen LogP contribution < -0.4 is 4.74 Å². The quantitative estimate of drug-likeness (QED) is 0.445. The highest BCUT2D eigenvalue weighted by Crippen LogP contribution is 2.34. The number of aromatic hydroxyl groups is 2. The van der Waals surface area contributed by atoms with Gasteiger partial charge in [-0.2, -0.15) is 0 Å². The minimum Gasteiger partial charge on any atom is -0.504 e. The van der Waals surface area contributed by atoms with Gasteiger partial charge in [0.1, 0.15) is 0 Å². The summed E-state index contributed by atoms with van der Waals surface area (Å²) in [6.07, 6.45) is 13.6. The molecule has 3 aromatic carbocycles. The van der Waals surface area contributed by atoms with Crippen LogP contribution in [0.5, 0.6) is 17.2 Å². The van der Waals surface area contributed by atoms with Crippen molar-refractivity contribution in [2.75, 3.05) is 0 Å². The molecule has 3 N–H and O–H groups in total. The molecule has 138 valence electrons. The van der Waals surface area contributed by atoms with Crippen molar-refractivity contribution < 1.29 is 20.1 Å². The van der Waals surface area contributed by atoms with E-state index in [0.717, 1.165) is 11.1 Å². The van der Waals surface area contributed by atoms with Gasteiger partial charge in [0.15, 0.2) is 23.7 Å². The van der Waals surface area contributed by atoms with Crippen LogP contribution in [0.1, 0.15) is 11.1 Å². The first kappa shape index (κ1) is 21.6. The third-order valence-electron chi connectivity index (χ3n) is 3.07. The summed E-state index contributed by atoms with van der Waals surface area (Å²) in [7, 11) is 0. The average Bonchev–Trinajstić information content (AvgIpc) is 2.77. The van der Waals surface area contributed by atoms with E-state index in [1.807, 2.05) is 66.8 Å². The van der Waals surface area contributed by atoms with Crippen molar-refractivity contribution in [2.24, 2.45) is 0 Å². The second kappa shape index (κ2) is 12.8. The van der Waals surface area contributed by atoms with Gasteiger partial charge >= 0.3 is 0 Å². The number of aliphatic hydroxyl groups excluding tert-OH is 1. The Hall–Kier alpha value is -4.46. The lowest BCUT2D eigenvalue weighted by molar-refractivity contribution is 0.377.